The van der Waals surface area contributed by atoms with Crippen LogP contribution in [0.5, 0.6) is 0 Å². The number of nitrogens with one attached hydrogen (secondary N) is 8. The zero-order chi connectivity index (χ0) is 49.4. The van der Waals surface area contributed by atoms with E-state index in [0.717, 1.165) is 0 Å². The molecule has 3 aliphatic rings. The minimum atomic E-state index is -1.41. The zero-order valence-electron chi connectivity index (χ0n) is 38.5. The van der Waals surface area contributed by atoms with Gasteiger partial charge in [-0.15, -0.1) is 0 Å². The van der Waals surface area contributed by atoms with Gasteiger partial charge >= 0.3 is 0 Å². The number of amides is 11. The highest BCUT2D eigenvalue weighted by Gasteiger charge is 2.42. The Balaban J connectivity index is 1.52. The molecule has 0 spiro atoms. The lowest BCUT2D eigenvalue weighted by Gasteiger charge is -2.31. The number of hydrogen-bond donors (Lipinski definition) is 11. The number of aliphatic hydroxyl groups is 2. The molecule has 25 nitrogen and oxygen atoms in total. The Labute approximate surface area is 383 Å². The van der Waals surface area contributed by atoms with Crippen LogP contribution in [0.1, 0.15) is 86.5 Å². The predicted molar refractivity (Wildman–Crippen MR) is 233 cm³/mol. The second kappa shape index (κ2) is 25.7. The number of carbonyl (C=O) groups excluding carboxylic acids is 11. The topological polar surface area (TPSA) is 360 Å². The normalized spacial score (nSPS) is 21.2. The molecule has 10 unspecified atom stereocenters. The van der Waals surface area contributed by atoms with E-state index in [2.05, 4.69) is 42.5 Å². The summed E-state index contributed by atoms with van der Waals surface area (Å²) < 4.78 is 0. The molecule has 25 heteroatoms. The lowest BCUT2D eigenvalue weighted by Crippen LogP contribution is -2.59. The van der Waals surface area contributed by atoms with Crippen LogP contribution >= 0.6 is 0 Å². The maximum atomic E-state index is 13.6. The highest BCUT2D eigenvalue weighted by Crippen LogP contribution is 2.22. The molecular formula is C41H68N12O13. The molecule has 0 aromatic heterocycles. The molecule has 0 aliphatic carbocycles. The van der Waals surface area contributed by atoms with Crippen LogP contribution in [0.15, 0.2) is 0 Å². The Morgan fingerprint density at radius 2 is 0.879 bits per heavy atom. The average molecular weight is 937 g/mol. The molecule has 370 valence electrons. The molecule has 0 bridgehead atoms. The number of aliphatic hydroxyl groups excluding tert-OH is 2. The number of rotatable bonds is 23. The third-order valence-corrected chi connectivity index (χ3v) is 11.7. The van der Waals surface area contributed by atoms with Crippen molar-refractivity contribution < 1.29 is 63.0 Å². The van der Waals surface area contributed by atoms with E-state index in [0.29, 0.717) is 32.4 Å². The molecule has 12 N–H and O–H groups in total. The van der Waals surface area contributed by atoms with E-state index in [1.54, 1.807) is 0 Å². The zero-order valence-corrected chi connectivity index (χ0v) is 38.5. The van der Waals surface area contributed by atoms with Gasteiger partial charge in [-0.3, -0.25) is 52.7 Å². The van der Waals surface area contributed by atoms with Gasteiger partial charge in [0.15, 0.2) is 0 Å². The largest absolute Gasteiger partial charge is 0.394 e. The maximum Gasteiger partial charge on any atom is 0.248 e. The van der Waals surface area contributed by atoms with Crippen LogP contribution in [0.25, 0.3) is 0 Å². The van der Waals surface area contributed by atoms with E-state index in [1.807, 2.05) is 6.92 Å². The Hall–Kier alpha value is -5.95. The predicted octanol–water partition coefficient (Wildman–Crippen LogP) is -6.08. The van der Waals surface area contributed by atoms with Crippen molar-refractivity contribution in [1.82, 2.24) is 57.2 Å². The molecule has 3 heterocycles. The van der Waals surface area contributed by atoms with Crippen LogP contribution < -0.4 is 48.3 Å². The van der Waals surface area contributed by atoms with Crippen LogP contribution in [-0.4, -0.2) is 196 Å². The smallest absolute Gasteiger partial charge is 0.248 e. The first-order chi connectivity index (χ1) is 31.2. The Kier molecular flexibility index (Phi) is 21.1. The van der Waals surface area contributed by atoms with E-state index >= 15 is 0 Å². The molecular weight excluding hydrogens is 869 g/mol. The van der Waals surface area contributed by atoms with Crippen molar-refractivity contribution in [3.63, 3.8) is 0 Å². The second-order valence-electron chi connectivity index (χ2n) is 16.8. The van der Waals surface area contributed by atoms with Crippen LogP contribution in [0.2, 0.25) is 0 Å². The standard InChI is InChI=1S/C41H68N12O13/c1-7-43-15-14-31(56)44-21(2)34(59)50-27(20-55)41(66)53-18-10-13-30(53)37(62)45-22(3)33(58)47-24(5)39(64)52-17-9-12-29(52)38(63)48-25(6)40(65)51-16-8-11-28(51)36(61)46-23(4)35(60)49-26(19-54)32(42)57/h21-30,43,54-55H,7-20H2,1-6H3,(H2,42,57)(H,44,56)(H,45,62)(H,46,61)(H,47,58)(H,48,63)(H,49,60)(H,50,59). The summed E-state index contributed by atoms with van der Waals surface area (Å²) in [5.41, 5.74) is 5.14. The molecule has 0 aromatic rings. The lowest BCUT2D eigenvalue weighted by atomic mass is 10.1. The van der Waals surface area contributed by atoms with Crippen molar-refractivity contribution in [2.24, 2.45) is 5.73 Å². The molecule has 3 aliphatic heterocycles. The summed E-state index contributed by atoms with van der Waals surface area (Å²) in [6, 6.07) is -11.4. The molecule has 0 aromatic carbocycles. The fourth-order valence-electron chi connectivity index (χ4n) is 7.87. The van der Waals surface area contributed by atoms with Gasteiger partial charge in [-0.25, -0.2) is 0 Å². The Morgan fingerprint density at radius 1 is 0.515 bits per heavy atom. The second-order valence-corrected chi connectivity index (χ2v) is 16.8. The first kappa shape index (κ1) is 54.4. The fraction of sp³-hybridized carbons (Fsp3) is 0.732. The molecule has 10 atom stereocenters. The van der Waals surface area contributed by atoms with Crippen molar-refractivity contribution in [2.45, 2.75) is 147 Å². The van der Waals surface area contributed by atoms with E-state index < -0.39 is 133 Å². The summed E-state index contributed by atoms with van der Waals surface area (Å²) in [7, 11) is 0. The molecule has 3 saturated heterocycles. The van der Waals surface area contributed by atoms with Gasteiger partial charge in [0.25, 0.3) is 0 Å². The minimum Gasteiger partial charge on any atom is -0.394 e. The molecule has 66 heavy (non-hydrogen) atoms. The van der Waals surface area contributed by atoms with Crippen LogP contribution in [0.3, 0.4) is 0 Å². The summed E-state index contributed by atoms with van der Waals surface area (Å²) >= 11 is 0. The molecule has 0 radical (unpaired) electrons. The van der Waals surface area contributed by atoms with Gasteiger partial charge in [-0.05, 0) is 79.7 Å². The van der Waals surface area contributed by atoms with Crippen molar-refractivity contribution >= 4 is 65.0 Å². The highest BCUT2D eigenvalue weighted by molar-refractivity contribution is 5.99. The third-order valence-electron chi connectivity index (χ3n) is 11.7. The lowest BCUT2D eigenvalue weighted by molar-refractivity contribution is -0.144. The number of nitrogens with two attached hydrogens (primary N) is 1. The van der Waals surface area contributed by atoms with Gasteiger partial charge in [-0.1, -0.05) is 6.92 Å². The Bertz CT molecular complexity index is 1820. The number of nitrogens with zero attached hydrogens (tertiary/aromatic N) is 3. The summed E-state index contributed by atoms with van der Waals surface area (Å²) in [5, 5.41) is 39.7. The minimum absolute atomic E-state index is 0.129. The van der Waals surface area contributed by atoms with E-state index in [-0.39, 0.29) is 51.2 Å². The number of likely N-dealkylation sites (tertiary alicyclic amines) is 3. The van der Waals surface area contributed by atoms with Crippen LogP contribution in [0.4, 0.5) is 0 Å². The SMILES string of the molecule is CCNCCC(=O)NC(C)C(=O)NC(CO)C(=O)N1CCCC1C(=O)NC(C)C(=O)NC(C)C(=O)N1CCCC1C(=O)NC(C)C(=O)N1CCCC1C(=O)NC(C)C(=O)NC(CO)C(N)=O. The van der Waals surface area contributed by atoms with E-state index in [4.69, 9.17) is 5.73 Å². The van der Waals surface area contributed by atoms with Crippen molar-refractivity contribution in [3.05, 3.63) is 0 Å². The van der Waals surface area contributed by atoms with Gasteiger partial charge < -0.3 is 73.2 Å². The van der Waals surface area contributed by atoms with E-state index in [1.165, 1.54) is 49.3 Å². The fourth-order valence-corrected chi connectivity index (χ4v) is 7.87. The van der Waals surface area contributed by atoms with Gasteiger partial charge in [0.05, 0.1) is 13.2 Å². The summed E-state index contributed by atoms with van der Waals surface area (Å²) in [6.07, 6.45) is 2.22. The molecule has 11 amide bonds. The van der Waals surface area contributed by atoms with Gasteiger partial charge in [0, 0.05) is 32.6 Å². The van der Waals surface area contributed by atoms with Crippen molar-refractivity contribution in [2.75, 3.05) is 45.9 Å². The summed E-state index contributed by atoms with van der Waals surface area (Å²) in [4.78, 5) is 146. The summed E-state index contributed by atoms with van der Waals surface area (Å²) in [6.45, 7) is 8.96. The first-order valence-electron chi connectivity index (χ1n) is 22.4. The number of hydrogen-bond acceptors (Lipinski definition) is 14. The maximum absolute atomic E-state index is 13.6. The quantitative estimate of drug-likeness (QED) is 0.0425. The van der Waals surface area contributed by atoms with Crippen LogP contribution in [-0.2, 0) is 52.7 Å². The van der Waals surface area contributed by atoms with Gasteiger partial charge in [0.1, 0.15) is 60.4 Å². The van der Waals surface area contributed by atoms with Crippen molar-refractivity contribution in [3.8, 4) is 0 Å². The monoisotopic (exact) mass is 937 g/mol. The van der Waals surface area contributed by atoms with Crippen molar-refractivity contribution in [1.29, 1.82) is 0 Å². The number of primary amides is 1. The molecule has 0 saturated carbocycles. The molecule has 3 fully saturated rings. The summed E-state index contributed by atoms with van der Waals surface area (Å²) in [5.74, 6) is -7.44. The third kappa shape index (κ3) is 14.8. The highest BCUT2D eigenvalue weighted by atomic mass is 16.3. The molecule has 3 rings (SSSR count). The first-order valence-corrected chi connectivity index (χ1v) is 22.4. The van der Waals surface area contributed by atoms with Gasteiger partial charge in [-0.2, -0.15) is 0 Å². The van der Waals surface area contributed by atoms with E-state index in [9.17, 15) is 63.0 Å². The number of carbonyl (C=O) groups is 11. The average Bonchev–Trinajstić information content (AvgIpc) is 4.08. The Morgan fingerprint density at radius 3 is 1.29 bits per heavy atom. The van der Waals surface area contributed by atoms with Gasteiger partial charge in [0.2, 0.25) is 65.0 Å². The van der Waals surface area contributed by atoms with Crippen LogP contribution in [0, 0.1) is 0 Å².